The quantitative estimate of drug-likeness (QED) is 0.495. The van der Waals surface area contributed by atoms with E-state index in [1.54, 1.807) is 5.92 Å². The van der Waals surface area contributed by atoms with Crippen molar-refractivity contribution in [2.45, 2.75) is 97.0 Å². The second-order valence-electron chi connectivity index (χ2n) is 8.59. The van der Waals surface area contributed by atoms with Crippen molar-refractivity contribution in [1.29, 1.82) is 0 Å². The first-order valence-corrected chi connectivity index (χ1v) is 9.98. The Morgan fingerprint density at radius 1 is 0.870 bits per heavy atom. The highest BCUT2D eigenvalue weighted by molar-refractivity contribution is 5.10. The van der Waals surface area contributed by atoms with Gasteiger partial charge in [-0.05, 0) is 93.8 Å². The van der Waals surface area contributed by atoms with Crippen molar-refractivity contribution in [3.05, 3.63) is 17.8 Å². The fraction of sp³-hybridized carbons (Fsp3) is 0.857. The normalized spacial score (nSPS) is 29.9. The van der Waals surface area contributed by atoms with Crippen molar-refractivity contribution >= 4 is 0 Å². The van der Waals surface area contributed by atoms with Gasteiger partial charge < -0.3 is 0 Å². The van der Waals surface area contributed by atoms with Crippen LogP contribution in [0.5, 0.6) is 0 Å². The highest BCUT2D eigenvalue weighted by atomic mass is 17.1. The molecule has 0 aromatic rings. The SMILES string of the molecule is C[C]1CCC(C(OO)[C]2CCC([C]3CCC(C)CC3)CC2)CC1. The van der Waals surface area contributed by atoms with E-state index in [0.29, 0.717) is 5.92 Å². The summed E-state index contributed by atoms with van der Waals surface area (Å²) < 4.78 is 0. The maximum absolute atomic E-state index is 9.51. The highest BCUT2D eigenvalue weighted by Crippen LogP contribution is 2.46. The summed E-state index contributed by atoms with van der Waals surface area (Å²) in [5, 5.41) is 9.51. The summed E-state index contributed by atoms with van der Waals surface area (Å²) in [5.41, 5.74) is 0. The van der Waals surface area contributed by atoms with E-state index in [9.17, 15) is 5.26 Å². The van der Waals surface area contributed by atoms with Crippen LogP contribution in [0.1, 0.15) is 90.9 Å². The van der Waals surface area contributed by atoms with Crippen LogP contribution in [-0.4, -0.2) is 11.4 Å². The molecular formula is C21H35O2. The lowest BCUT2D eigenvalue weighted by atomic mass is 9.67. The van der Waals surface area contributed by atoms with Gasteiger partial charge >= 0.3 is 0 Å². The van der Waals surface area contributed by atoms with E-state index in [-0.39, 0.29) is 6.10 Å². The topological polar surface area (TPSA) is 29.5 Å². The van der Waals surface area contributed by atoms with Gasteiger partial charge in [-0.3, -0.25) is 5.26 Å². The summed E-state index contributed by atoms with van der Waals surface area (Å²) in [7, 11) is 0. The minimum absolute atomic E-state index is 0.0143. The maximum atomic E-state index is 9.51. The molecule has 3 rings (SSSR count). The first kappa shape index (κ1) is 17.7. The zero-order valence-electron chi connectivity index (χ0n) is 15.2. The van der Waals surface area contributed by atoms with Crippen molar-refractivity contribution in [2.75, 3.05) is 0 Å². The van der Waals surface area contributed by atoms with Crippen LogP contribution in [0.25, 0.3) is 0 Å². The van der Waals surface area contributed by atoms with E-state index >= 15 is 0 Å². The largest absolute Gasteiger partial charge is 0.252 e. The molecule has 3 aliphatic rings. The molecule has 0 aliphatic heterocycles. The molecule has 3 saturated carbocycles. The molecule has 0 bridgehead atoms. The summed E-state index contributed by atoms with van der Waals surface area (Å²) in [6.45, 7) is 4.67. The van der Waals surface area contributed by atoms with Crippen LogP contribution in [0.2, 0.25) is 0 Å². The molecule has 0 heterocycles. The molecule has 23 heavy (non-hydrogen) atoms. The van der Waals surface area contributed by atoms with Crippen LogP contribution >= 0.6 is 0 Å². The van der Waals surface area contributed by atoms with Crippen molar-refractivity contribution in [1.82, 2.24) is 0 Å². The summed E-state index contributed by atoms with van der Waals surface area (Å²) in [4.78, 5) is 5.01. The molecule has 0 aromatic heterocycles. The van der Waals surface area contributed by atoms with Crippen LogP contribution in [0, 0.1) is 35.5 Å². The third kappa shape index (κ3) is 4.51. The van der Waals surface area contributed by atoms with Gasteiger partial charge in [-0.25, -0.2) is 4.89 Å². The predicted molar refractivity (Wildman–Crippen MR) is 94.5 cm³/mol. The molecule has 1 N–H and O–H groups in total. The predicted octanol–water partition coefficient (Wildman–Crippen LogP) is 6.18. The Kier molecular flexibility index (Phi) is 6.43. The van der Waals surface area contributed by atoms with Crippen LogP contribution < -0.4 is 0 Å². The van der Waals surface area contributed by atoms with Gasteiger partial charge in [0, 0.05) is 5.92 Å². The second kappa shape index (κ2) is 8.34. The summed E-state index contributed by atoms with van der Waals surface area (Å²) in [6.07, 6.45) is 15.4. The molecule has 0 amide bonds. The number of hydrogen-bond donors (Lipinski definition) is 1. The minimum Gasteiger partial charge on any atom is -0.252 e. The molecule has 2 heteroatoms. The molecule has 0 saturated heterocycles. The van der Waals surface area contributed by atoms with Crippen LogP contribution in [0.15, 0.2) is 0 Å². The van der Waals surface area contributed by atoms with Gasteiger partial charge in [0.1, 0.15) is 6.10 Å². The molecule has 0 spiro atoms. The zero-order valence-corrected chi connectivity index (χ0v) is 15.2. The summed E-state index contributed by atoms with van der Waals surface area (Å²) >= 11 is 0. The maximum Gasteiger partial charge on any atom is 0.102 e. The average Bonchev–Trinajstić information content (AvgIpc) is 2.59. The molecule has 3 radical (unpaired) electrons. The Hall–Kier alpha value is -0.0800. The van der Waals surface area contributed by atoms with Gasteiger partial charge in [0.15, 0.2) is 0 Å². The summed E-state index contributed by atoms with van der Waals surface area (Å²) in [6, 6.07) is 0. The first-order chi connectivity index (χ1) is 11.2. The molecular weight excluding hydrogens is 284 g/mol. The van der Waals surface area contributed by atoms with Crippen molar-refractivity contribution < 1.29 is 10.1 Å². The van der Waals surface area contributed by atoms with E-state index in [2.05, 4.69) is 13.8 Å². The van der Waals surface area contributed by atoms with Gasteiger partial charge in [0.05, 0.1) is 0 Å². The lowest BCUT2D eigenvalue weighted by Gasteiger charge is -2.40. The van der Waals surface area contributed by atoms with Crippen molar-refractivity contribution in [3.8, 4) is 0 Å². The van der Waals surface area contributed by atoms with E-state index in [0.717, 1.165) is 11.8 Å². The molecule has 131 valence electrons. The Balaban J connectivity index is 1.47. The van der Waals surface area contributed by atoms with E-state index in [1.165, 1.54) is 83.0 Å². The van der Waals surface area contributed by atoms with E-state index in [4.69, 9.17) is 4.89 Å². The Bertz CT molecular complexity index is 332. The number of hydrogen-bond acceptors (Lipinski definition) is 2. The van der Waals surface area contributed by atoms with Gasteiger partial charge in [0.25, 0.3) is 0 Å². The Morgan fingerprint density at radius 3 is 2.04 bits per heavy atom. The Morgan fingerprint density at radius 2 is 1.48 bits per heavy atom. The fourth-order valence-electron chi connectivity index (χ4n) is 5.15. The average molecular weight is 320 g/mol. The minimum atomic E-state index is 0.0143. The molecule has 3 fully saturated rings. The third-order valence-electron chi connectivity index (χ3n) is 6.95. The van der Waals surface area contributed by atoms with Crippen LogP contribution in [-0.2, 0) is 4.89 Å². The third-order valence-corrected chi connectivity index (χ3v) is 6.95. The monoisotopic (exact) mass is 319 g/mol. The molecule has 2 nitrogen and oxygen atoms in total. The van der Waals surface area contributed by atoms with E-state index < -0.39 is 0 Å². The highest BCUT2D eigenvalue weighted by Gasteiger charge is 2.38. The Labute approximate surface area is 143 Å². The van der Waals surface area contributed by atoms with Crippen LogP contribution in [0.3, 0.4) is 0 Å². The standard InChI is InChI=1S/C21H35O2/c1-15-3-7-17(8-4-15)18-11-13-20(14-12-18)21(23-22)19-9-5-16(2)6-10-19/h15,18-19,21-22H,3-14H2,1-2H3. The van der Waals surface area contributed by atoms with E-state index in [1.807, 2.05) is 5.92 Å². The molecule has 3 aliphatic carbocycles. The van der Waals surface area contributed by atoms with Crippen molar-refractivity contribution in [2.24, 2.45) is 17.8 Å². The number of rotatable bonds is 4. The lowest BCUT2D eigenvalue weighted by Crippen LogP contribution is -2.35. The summed E-state index contributed by atoms with van der Waals surface area (Å²) in [5.74, 6) is 7.30. The molecule has 1 atom stereocenters. The van der Waals surface area contributed by atoms with Gasteiger partial charge in [-0.1, -0.05) is 26.7 Å². The molecule has 1 unspecified atom stereocenters. The first-order valence-electron chi connectivity index (χ1n) is 9.98. The van der Waals surface area contributed by atoms with Gasteiger partial charge in [-0.2, -0.15) is 0 Å². The zero-order chi connectivity index (χ0) is 16.2. The van der Waals surface area contributed by atoms with Gasteiger partial charge in [0.2, 0.25) is 0 Å². The second-order valence-corrected chi connectivity index (χ2v) is 8.59. The molecule has 0 aromatic carbocycles. The van der Waals surface area contributed by atoms with Gasteiger partial charge in [-0.15, -0.1) is 0 Å². The van der Waals surface area contributed by atoms with Crippen LogP contribution in [0.4, 0.5) is 0 Å². The lowest BCUT2D eigenvalue weighted by molar-refractivity contribution is -0.288. The van der Waals surface area contributed by atoms with Crippen molar-refractivity contribution in [3.63, 3.8) is 0 Å². The fourth-order valence-corrected chi connectivity index (χ4v) is 5.15. The smallest absolute Gasteiger partial charge is 0.102 e.